The normalized spacial score (nSPS) is 20.4. The molecule has 0 aliphatic carbocycles. The van der Waals surface area contributed by atoms with E-state index in [0.717, 1.165) is 18.4 Å². The molecule has 1 heterocycles. The Hall–Kier alpha value is -1.39. The highest BCUT2D eigenvalue weighted by Crippen LogP contribution is 2.27. The molecule has 1 aromatic rings. The molecule has 0 spiro atoms. The lowest BCUT2D eigenvalue weighted by molar-refractivity contribution is -0.131. The molecule has 0 aromatic heterocycles. The third-order valence-corrected chi connectivity index (χ3v) is 3.75. The highest BCUT2D eigenvalue weighted by atomic mass is 16.5. The Kier molecular flexibility index (Phi) is 5.15. The topological polar surface area (TPSA) is 41.6 Å². The summed E-state index contributed by atoms with van der Waals surface area (Å²) in [6.45, 7) is 5.20. The van der Waals surface area contributed by atoms with Crippen LogP contribution in [0.1, 0.15) is 37.1 Å². The average molecular weight is 276 g/mol. The Balaban J connectivity index is 2.25. The predicted molar refractivity (Wildman–Crippen MR) is 79.3 cm³/mol. The minimum atomic E-state index is -0.0332. The van der Waals surface area contributed by atoms with Gasteiger partial charge in [-0.2, -0.15) is 0 Å². The molecule has 1 aromatic carbocycles. The highest BCUT2D eigenvalue weighted by Gasteiger charge is 2.36. The van der Waals surface area contributed by atoms with Gasteiger partial charge in [0.25, 0.3) is 0 Å². The van der Waals surface area contributed by atoms with Crippen molar-refractivity contribution in [1.29, 1.82) is 0 Å². The molecule has 0 radical (unpaired) electrons. The second-order valence-corrected chi connectivity index (χ2v) is 5.40. The summed E-state index contributed by atoms with van der Waals surface area (Å²) in [5.41, 5.74) is 2.36. The molecule has 1 saturated heterocycles. The molecule has 2 rings (SSSR count). The van der Waals surface area contributed by atoms with Gasteiger partial charge in [-0.25, -0.2) is 0 Å². The first-order chi connectivity index (χ1) is 9.67. The molecule has 1 N–H and O–H groups in total. The van der Waals surface area contributed by atoms with Gasteiger partial charge in [0.1, 0.15) is 6.17 Å². The number of methoxy groups -OCH3 is 1. The second kappa shape index (κ2) is 6.86. The van der Waals surface area contributed by atoms with Crippen molar-refractivity contribution in [1.82, 2.24) is 10.2 Å². The van der Waals surface area contributed by atoms with Crippen molar-refractivity contribution < 1.29 is 9.53 Å². The van der Waals surface area contributed by atoms with E-state index >= 15 is 0 Å². The van der Waals surface area contributed by atoms with Crippen LogP contribution in [0.25, 0.3) is 0 Å². The molecular weight excluding hydrogens is 252 g/mol. The Bertz CT molecular complexity index is 456. The van der Waals surface area contributed by atoms with Crippen molar-refractivity contribution in [2.24, 2.45) is 0 Å². The zero-order valence-corrected chi connectivity index (χ0v) is 12.6. The van der Waals surface area contributed by atoms with Gasteiger partial charge in [-0.15, -0.1) is 0 Å². The van der Waals surface area contributed by atoms with E-state index in [9.17, 15) is 4.79 Å². The largest absolute Gasteiger partial charge is 0.383 e. The lowest BCUT2D eigenvalue weighted by Crippen LogP contribution is -2.42. The zero-order valence-electron chi connectivity index (χ0n) is 12.6. The summed E-state index contributed by atoms with van der Waals surface area (Å²) in [7, 11) is 1.69. The van der Waals surface area contributed by atoms with Crippen molar-refractivity contribution in [2.75, 3.05) is 20.3 Å². The van der Waals surface area contributed by atoms with Gasteiger partial charge in [0.2, 0.25) is 5.91 Å². The van der Waals surface area contributed by atoms with Gasteiger partial charge in [-0.05, 0) is 18.9 Å². The number of carbonyl (C=O) groups excluding carboxylic acids is 1. The van der Waals surface area contributed by atoms with E-state index in [2.05, 4.69) is 37.4 Å². The molecule has 110 valence electrons. The number of rotatable bonds is 6. The van der Waals surface area contributed by atoms with Crippen molar-refractivity contribution in [3.8, 4) is 0 Å². The number of hydrogen-bond acceptors (Lipinski definition) is 3. The van der Waals surface area contributed by atoms with Gasteiger partial charge in [-0.1, -0.05) is 43.2 Å². The quantitative estimate of drug-likeness (QED) is 0.866. The number of aryl methyl sites for hydroxylation is 1. The van der Waals surface area contributed by atoms with E-state index in [1.54, 1.807) is 7.11 Å². The van der Waals surface area contributed by atoms with Gasteiger partial charge < -0.3 is 9.64 Å². The third kappa shape index (κ3) is 3.19. The molecular formula is C16H24N2O2. The number of nitrogens with one attached hydrogen (secondary N) is 1. The predicted octanol–water partition coefficient (Wildman–Crippen LogP) is 2.24. The van der Waals surface area contributed by atoms with Crippen LogP contribution < -0.4 is 5.32 Å². The van der Waals surface area contributed by atoms with E-state index in [4.69, 9.17) is 4.74 Å². The SMILES string of the molecule is CCCC(COC)N1C(=O)CNC1c1cccc(C)c1. The molecule has 1 aliphatic heterocycles. The summed E-state index contributed by atoms with van der Waals surface area (Å²) in [6, 6.07) is 8.46. The number of carbonyl (C=O) groups is 1. The van der Waals surface area contributed by atoms with Gasteiger partial charge in [-0.3, -0.25) is 10.1 Å². The first-order valence-electron chi connectivity index (χ1n) is 7.27. The molecule has 4 heteroatoms. The fraction of sp³-hybridized carbons (Fsp3) is 0.562. The minimum Gasteiger partial charge on any atom is -0.383 e. The third-order valence-electron chi connectivity index (χ3n) is 3.75. The molecule has 0 bridgehead atoms. The molecule has 20 heavy (non-hydrogen) atoms. The van der Waals surface area contributed by atoms with E-state index in [1.807, 2.05) is 11.0 Å². The zero-order chi connectivity index (χ0) is 14.5. The number of amides is 1. The maximum atomic E-state index is 12.2. The molecule has 1 amide bonds. The van der Waals surface area contributed by atoms with E-state index in [1.165, 1.54) is 5.56 Å². The van der Waals surface area contributed by atoms with Gasteiger partial charge in [0, 0.05) is 7.11 Å². The molecule has 0 saturated carbocycles. The highest BCUT2D eigenvalue weighted by molar-refractivity contribution is 5.81. The van der Waals surface area contributed by atoms with Crippen LogP contribution in [-0.2, 0) is 9.53 Å². The molecule has 1 fully saturated rings. The van der Waals surface area contributed by atoms with Crippen molar-refractivity contribution in [2.45, 2.75) is 38.9 Å². The van der Waals surface area contributed by atoms with Crippen LogP contribution in [0.5, 0.6) is 0 Å². The number of hydrogen-bond donors (Lipinski definition) is 1. The first kappa shape index (κ1) is 15.0. The maximum Gasteiger partial charge on any atom is 0.238 e. The minimum absolute atomic E-state index is 0.0332. The van der Waals surface area contributed by atoms with Crippen LogP contribution in [-0.4, -0.2) is 37.1 Å². The standard InChI is InChI=1S/C16H24N2O2/c1-4-6-14(11-20-3)18-15(19)10-17-16(18)13-8-5-7-12(2)9-13/h5,7-9,14,16-17H,4,6,10-11H2,1-3H3. The lowest BCUT2D eigenvalue weighted by Gasteiger charge is -2.32. The molecule has 2 unspecified atom stereocenters. The number of ether oxygens (including phenoxy) is 1. The Morgan fingerprint density at radius 1 is 1.50 bits per heavy atom. The van der Waals surface area contributed by atoms with Gasteiger partial charge >= 0.3 is 0 Å². The fourth-order valence-electron chi connectivity index (χ4n) is 2.88. The maximum absolute atomic E-state index is 12.2. The van der Waals surface area contributed by atoms with Crippen molar-refractivity contribution >= 4 is 5.91 Å². The average Bonchev–Trinajstić information content (AvgIpc) is 2.80. The monoisotopic (exact) mass is 276 g/mol. The Morgan fingerprint density at radius 2 is 2.30 bits per heavy atom. The van der Waals surface area contributed by atoms with Crippen LogP contribution in [0, 0.1) is 6.92 Å². The van der Waals surface area contributed by atoms with Crippen LogP contribution in [0.4, 0.5) is 0 Å². The summed E-state index contributed by atoms with van der Waals surface area (Å²) in [4.78, 5) is 14.2. The van der Waals surface area contributed by atoms with E-state index < -0.39 is 0 Å². The molecule has 4 nitrogen and oxygen atoms in total. The summed E-state index contributed by atoms with van der Waals surface area (Å²) in [6.07, 6.45) is 1.97. The second-order valence-electron chi connectivity index (χ2n) is 5.40. The fourth-order valence-corrected chi connectivity index (χ4v) is 2.88. The van der Waals surface area contributed by atoms with Gasteiger partial charge in [0.15, 0.2) is 0 Å². The summed E-state index contributed by atoms with van der Waals surface area (Å²) < 4.78 is 5.30. The van der Waals surface area contributed by atoms with Crippen LogP contribution in [0.2, 0.25) is 0 Å². The Morgan fingerprint density at radius 3 is 2.95 bits per heavy atom. The smallest absolute Gasteiger partial charge is 0.238 e. The Labute approximate surface area is 121 Å². The van der Waals surface area contributed by atoms with Crippen molar-refractivity contribution in [3.05, 3.63) is 35.4 Å². The van der Waals surface area contributed by atoms with E-state index in [0.29, 0.717) is 13.2 Å². The van der Waals surface area contributed by atoms with Crippen LogP contribution >= 0.6 is 0 Å². The summed E-state index contributed by atoms with van der Waals surface area (Å²) in [5, 5.41) is 3.32. The molecule has 2 atom stereocenters. The van der Waals surface area contributed by atoms with Crippen LogP contribution in [0.15, 0.2) is 24.3 Å². The summed E-state index contributed by atoms with van der Waals surface area (Å²) >= 11 is 0. The molecule has 1 aliphatic rings. The van der Waals surface area contributed by atoms with Gasteiger partial charge in [0.05, 0.1) is 19.2 Å². The van der Waals surface area contributed by atoms with E-state index in [-0.39, 0.29) is 18.1 Å². The number of benzene rings is 1. The first-order valence-corrected chi connectivity index (χ1v) is 7.27. The number of nitrogens with zero attached hydrogens (tertiary/aromatic N) is 1. The lowest BCUT2D eigenvalue weighted by atomic mass is 10.1. The van der Waals surface area contributed by atoms with Crippen molar-refractivity contribution in [3.63, 3.8) is 0 Å². The van der Waals surface area contributed by atoms with Crippen LogP contribution in [0.3, 0.4) is 0 Å². The summed E-state index contributed by atoms with van der Waals surface area (Å²) in [5.74, 6) is 0.159.